The summed E-state index contributed by atoms with van der Waals surface area (Å²) in [6.45, 7) is 7.02. The molecular formula is C26H36Cl2N4O10S. The molecule has 2 amide bonds. The Labute approximate surface area is 259 Å². The first kappa shape index (κ1) is 36.1. The summed E-state index contributed by atoms with van der Waals surface area (Å²) in [5.41, 5.74) is 0.330. The van der Waals surface area contributed by atoms with Crippen molar-refractivity contribution in [2.45, 2.75) is 25.7 Å². The minimum Gasteiger partial charge on any atom is -0.504 e. The van der Waals surface area contributed by atoms with Gasteiger partial charge in [0.15, 0.2) is 23.0 Å². The number of amides is 2. The molecule has 240 valence electrons. The van der Waals surface area contributed by atoms with Crippen LogP contribution in [0.5, 0.6) is 23.0 Å². The Morgan fingerprint density at radius 1 is 0.674 bits per heavy atom. The third-order valence-electron chi connectivity index (χ3n) is 6.50. The molecule has 14 nitrogen and oxygen atoms in total. The number of hydrogen-bond acceptors (Lipinski definition) is 10. The van der Waals surface area contributed by atoms with Crippen molar-refractivity contribution < 1.29 is 47.5 Å². The maximum Gasteiger partial charge on any atom is 0.394 e. The lowest BCUT2D eigenvalue weighted by atomic mass is 10.2. The smallest absolute Gasteiger partial charge is 0.394 e. The minimum atomic E-state index is -4.67. The van der Waals surface area contributed by atoms with Crippen molar-refractivity contribution in [1.82, 2.24) is 20.4 Å². The van der Waals surface area contributed by atoms with Gasteiger partial charge in [0.2, 0.25) is 0 Å². The Balaban J connectivity index is 0.000000260. The van der Waals surface area contributed by atoms with Crippen molar-refractivity contribution in [3.05, 3.63) is 45.4 Å². The largest absolute Gasteiger partial charge is 0.504 e. The highest BCUT2D eigenvalue weighted by atomic mass is 35.5. The van der Waals surface area contributed by atoms with Crippen LogP contribution in [-0.4, -0.2) is 112 Å². The lowest BCUT2D eigenvalue weighted by Gasteiger charge is -2.15. The van der Waals surface area contributed by atoms with Gasteiger partial charge in [0.25, 0.3) is 11.8 Å². The van der Waals surface area contributed by atoms with Crippen LogP contribution >= 0.6 is 23.2 Å². The molecule has 2 fully saturated rings. The van der Waals surface area contributed by atoms with Crippen LogP contribution in [0.4, 0.5) is 0 Å². The number of hydrogen-bond donors (Lipinski definition) is 8. The van der Waals surface area contributed by atoms with Crippen molar-refractivity contribution in [2.24, 2.45) is 0 Å². The zero-order chi connectivity index (χ0) is 32.2. The van der Waals surface area contributed by atoms with Crippen molar-refractivity contribution in [2.75, 3.05) is 52.4 Å². The van der Waals surface area contributed by atoms with Crippen LogP contribution in [0.25, 0.3) is 0 Å². The summed E-state index contributed by atoms with van der Waals surface area (Å²) in [5.74, 6) is -2.29. The first-order valence-electron chi connectivity index (χ1n) is 13.3. The highest BCUT2D eigenvalue weighted by Gasteiger charge is 2.18. The average molecular weight is 668 g/mol. The molecule has 2 aliphatic rings. The number of halogens is 2. The predicted octanol–water partition coefficient (Wildman–Crippen LogP) is 2.50. The maximum atomic E-state index is 11.9. The molecule has 0 atom stereocenters. The summed E-state index contributed by atoms with van der Waals surface area (Å²) in [7, 11) is -4.67. The number of carbonyl (C=O) groups is 2. The molecule has 0 aromatic heterocycles. The summed E-state index contributed by atoms with van der Waals surface area (Å²) in [4.78, 5) is 28.4. The van der Waals surface area contributed by atoms with E-state index >= 15 is 0 Å². The molecule has 2 aromatic rings. The molecule has 0 unspecified atom stereocenters. The van der Waals surface area contributed by atoms with E-state index in [1.54, 1.807) is 0 Å². The summed E-state index contributed by atoms with van der Waals surface area (Å²) in [6, 6.07) is 5.28. The van der Waals surface area contributed by atoms with Crippen LogP contribution in [0.2, 0.25) is 10.0 Å². The summed E-state index contributed by atoms with van der Waals surface area (Å²) in [5, 5.41) is 42.7. The van der Waals surface area contributed by atoms with Gasteiger partial charge in [0.05, 0.1) is 21.2 Å². The molecule has 0 spiro atoms. The SMILES string of the molecule is O=C(NCCN1CCCC1)c1ccc(O)c(O)c1Cl.O=C(NCCN1CCCC1)c1ccc(O)c(O)c1Cl.O=S(=O)(O)O. The van der Waals surface area contributed by atoms with Gasteiger partial charge in [0.1, 0.15) is 0 Å². The van der Waals surface area contributed by atoms with Crippen LogP contribution in [0.1, 0.15) is 46.4 Å². The number of phenols is 4. The van der Waals surface area contributed by atoms with Crippen molar-refractivity contribution in [1.29, 1.82) is 0 Å². The van der Waals surface area contributed by atoms with Crippen LogP contribution in [0.3, 0.4) is 0 Å². The molecule has 8 N–H and O–H groups in total. The first-order chi connectivity index (χ1) is 20.2. The third-order valence-corrected chi connectivity index (χ3v) is 7.27. The number of benzene rings is 2. The molecule has 2 aromatic carbocycles. The Morgan fingerprint density at radius 2 is 0.977 bits per heavy atom. The lowest BCUT2D eigenvalue weighted by molar-refractivity contribution is 0.0941. The molecule has 0 aliphatic carbocycles. The molecule has 43 heavy (non-hydrogen) atoms. The van der Waals surface area contributed by atoms with E-state index in [1.165, 1.54) is 49.9 Å². The third kappa shape index (κ3) is 12.6. The second kappa shape index (κ2) is 17.3. The van der Waals surface area contributed by atoms with Gasteiger partial charge in [-0.3, -0.25) is 18.7 Å². The lowest BCUT2D eigenvalue weighted by Crippen LogP contribution is -2.33. The van der Waals surface area contributed by atoms with Gasteiger partial charge < -0.3 is 40.9 Å². The van der Waals surface area contributed by atoms with Gasteiger partial charge in [-0.25, -0.2) is 0 Å². The number of carbonyl (C=O) groups excluding carboxylic acids is 2. The molecule has 0 bridgehead atoms. The molecule has 2 saturated heterocycles. The summed E-state index contributed by atoms with van der Waals surface area (Å²) >= 11 is 11.6. The van der Waals surface area contributed by atoms with Gasteiger partial charge in [-0.05, 0) is 76.1 Å². The van der Waals surface area contributed by atoms with Gasteiger partial charge in [-0.1, -0.05) is 23.2 Å². The Hall–Kier alpha value is -3.05. The monoisotopic (exact) mass is 666 g/mol. The van der Waals surface area contributed by atoms with E-state index in [-0.39, 0.29) is 44.5 Å². The van der Waals surface area contributed by atoms with E-state index in [9.17, 15) is 30.0 Å². The van der Waals surface area contributed by atoms with E-state index in [4.69, 9.17) is 40.7 Å². The van der Waals surface area contributed by atoms with Crippen LogP contribution in [0.15, 0.2) is 24.3 Å². The van der Waals surface area contributed by atoms with Gasteiger partial charge in [-0.15, -0.1) is 0 Å². The Kier molecular flexibility index (Phi) is 14.5. The second-order valence-electron chi connectivity index (χ2n) is 9.65. The van der Waals surface area contributed by atoms with Gasteiger partial charge in [0, 0.05) is 26.2 Å². The molecule has 2 aliphatic heterocycles. The number of nitrogens with one attached hydrogen (secondary N) is 2. The highest BCUT2D eigenvalue weighted by molar-refractivity contribution is 7.79. The molecule has 2 heterocycles. The van der Waals surface area contributed by atoms with E-state index in [1.807, 2.05) is 0 Å². The van der Waals surface area contributed by atoms with E-state index in [2.05, 4.69) is 20.4 Å². The number of rotatable bonds is 8. The van der Waals surface area contributed by atoms with Crippen LogP contribution in [0, 0.1) is 0 Å². The fourth-order valence-electron chi connectivity index (χ4n) is 4.32. The zero-order valence-corrected chi connectivity index (χ0v) is 25.5. The zero-order valence-electron chi connectivity index (χ0n) is 23.2. The number of likely N-dealkylation sites (tertiary alicyclic amines) is 2. The first-order valence-corrected chi connectivity index (χ1v) is 15.5. The quantitative estimate of drug-likeness (QED) is 0.150. The van der Waals surface area contributed by atoms with Gasteiger partial charge >= 0.3 is 10.4 Å². The fraction of sp³-hybridized carbons (Fsp3) is 0.462. The van der Waals surface area contributed by atoms with Crippen LogP contribution < -0.4 is 10.6 Å². The summed E-state index contributed by atoms with van der Waals surface area (Å²) in [6.07, 6.45) is 4.86. The average Bonchev–Trinajstić information content (AvgIpc) is 3.65. The molecule has 0 radical (unpaired) electrons. The highest BCUT2D eigenvalue weighted by Crippen LogP contribution is 2.36. The Morgan fingerprint density at radius 3 is 1.28 bits per heavy atom. The Bertz CT molecular complexity index is 1260. The molecular weight excluding hydrogens is 631 g/mol. The van der Waals surface area contributed by atoms with Crippen molar-refractivity contribution in [3.63, 3.8) is 0 Å². The number of phenolic OH excluding ortho intramolecular Hbond substituents is 4. The topological polar surface area (TPSA) is 220 Å². The van der Waals surface area contributed by atoms with Crippen molar-refractivity contribution >= 4 is 45.4 Å². The fourth-order valence-corrected chi connectivity index (χ4v) is 4.81. The predicted molar refractivity (Wildman–Crippen MR) is 160 cm³/mol. The minimum absolute atomic E-state index is 0.126. The number of aromatic hydroxyl groups is 4. The normalized spacial score (nSPS) is 15.2. The summed E-state index contributed by atoms with van der Waals surface area (Å²) < 4.78 is 31.6. The maximum absolute atomic E-state index is 11.9. The molecule has 0 saturated carbocycles. The van der Waals surface area contributed by atoms with Gasteiger partial charge in [-0.2, -0.15) is 8.42 Å². The molecule has 4 rings (SSSR count). The molecule has 17 heteroatoms. The number of nitrogens with zero attached hydrogens (tertiary/aromatic N) is 2. The van der Waals surface area contributed by atoms with E-state index < -0.39 is 21.9 Å². The van der Waals surface area contributed by atoms with E-state index in [0.29, 0.717) is 13.1 Å². The van der Waals surface area contributed by atoms with Crippen molar-refractivity contribution in [3.8, 4) is 23.0 Å². The standard InChI is InChI=1S/2C13H17ClN2O3.H2O4S/c2*14-11-9(3-4-10(17)12(11)18)13(19)15-5-8-16-6-1-2-7-16;1-5(2,3)4/h2*3-4,17-18H,1-2,5-8H2,(H,15,19);(H2,1,2,3,4). The second-order valence-corrected chi connectivity index (χ2v) is 11.3. The van der Waals surface area contributed by atoms with Crippen LogP contribution in [-0.2, 0) is 10.4 Å². The van der Waals surface area contributed by atoms with E-state index in [0.717, 1.165) is 39.3 Å².